The summed E-state index contributed by atoms with van der Waals surface area (Å²) in [5.41, 5.74) is 3.09. The molecule has 144 valence electrons. The van der Waals surface area contributed by atoms with E-state index in [1.165, 1.54) is 10.9 Å². The van der Waals surface area contributed by atoms with Gasteiger partial charge in [0, 0.05) is 17.1 Å². The maximum Gasteiger partial charge on any atom is 0.265 e. The number of hydrogen-bond donors (Lipinski definition) is 1. The molecule has 7 nitrogen and oxygen atoms in total. The number of anilines is 1. The molecule has 0 aliphatic heterocycles. The highest BCUT2D eigenvalue weighted by Gasteiger charge is 2.23. The summed E-state index contributed by atoms with van der Waals surface area (Å²) in [5.74, 6) is 0. The molecule has 2 heterocycles. The standard InChI is InChI=1S/C17H19Cl2N5O2S/c1-10-17(22-27(25,26)16-8-20-23(4)11(16)2)12(3)24(21-10)9-13-5-6-14(18)7-15(13)19/h5-8,22H,9H2,1-4H3. The Bertz CT molecular complexity index is 1120. The van der Waals surface area contributed by atoms with Gasteiger partial charge in [-0.15, -0.1) is 0 Å². The van der Waals surface area contributed by atoms with Crippen molar-refractivity contribution in [3.63, 3.8) is 0 Å². The van der Waals surface area contributed by atoms with Crippen LogP contribution in [-0.2, 0) is 23.6 Å². The van der Waals surface area contributed by atoms with Crippen LogP contribution < -0.4 is 4.72 Å². The Morgan fingerprint density at radius 3 is 2.44 bits per heavy atom. The number of aryl methyl sites for hydroxylation is 2. The minimum absolute atomic E-state index is 0.136. The fraction of sp³-hybridized carbons (Fsp3) is 0.294. The SMILES string of the molecule is Cc1nn(Cc2ccc(Cl)cc2Cl)c(C)c1NS(=O)(=O)c1cnn(C)c1C. The number of sulfonamides is 1. The molecule has 1 aromatic carbocycles. The molecule has 1 N–H and O–H groups in total. The molecule has 0 bridgehead atoms. The van der Waals surface area contributed by atoms with Gasteiger partial charge in [0.15, 0.2) is 0 Å². The van der Waals surface area contributed by atoms with Crippen molar-refractivity contribution in [2.24, 2.45) is 7.05 Å². The highest BCUT2D eigenvalue weighted by molar-refractivity contribution is 7.92. The fourth-order valence-corrected chi connectivity index (χ4v) is 4.59. The van der Waals surface area contributed by atoms with Crippen molar-refractivity contribution in [2.75, 3.05) is 4.72 Å². The molecule has 0 saturated carbocycles. The number of nitrogens with zero attached hydrogens (tertiary/aromatic N) is 4. The largest absolute Gasteiger partial charge is 0.276 e. The highest BCUT2D eigenvalue weighted by atomic mass is 35.5. The summed E-state index contributed by atoms with van der Waals surface area (Å²) >= 11 is 12.2. The lowest BCUT2D eigenvalue weighted by molar-refractivity contribution is 0.600. The van der Waals surface area contributed by atoms with Gasteiger partial charge in [-0.05, 0) is 38.5 Å². The molecule has 0 saturated heterocycles. The van der Waals surface area contributed by atoms with E-state index in [0.29, 0.717) is 39.4 Å². The Kier molecular flexibility index (Phi) is 5.24. The average molecular weight is 428 g/mol. The highest BCUT2D eigenvalue weighted by Crippen LogP contribution is 2.27. The van der Waals surface area contributed by atoms with E-state index in [9.17, 15) is 8.42 Å². The zero-order chi connectivity index (χ0) is 19.9. The van der Waals surface area contributed by atoms with Crippen LogP contribution in [0.4, 0.5) is 5.69 Å². The van der Waals surface area contributed by atoms with Crippen LogP contribution in [0.25, 0.3) is 0 Å². The maximum atomic E-state index is 12.8. The lowest BCUT2D eigenvalue weighted by atomic mass is 10.2. The lowest BCUT2D eigenvalue weighted by Gasteiger charge is -2.10. The Morgan fingerprint density at radius 1 is 1.15 bits per heavy atom. The Balaban J connectivity index is 1.93. The van der Waals surface area contributed by atoms with Crippen molar-refractivity contribution in [1.82, 2.24) is 19.6 Å². The van der Waals surface area contributed by atoms with Crippen LogP contribution in [-0.4, -0.2) is 28.0 Å². The predicted molar refractivity (Wildman–Crippen MR) is 106 cm³/mol. The van der Waals surface area contributed by atoms with Crippen LogP contribution in [0, 0.1) is 20.8 Å². The van der Waals surface area contributed by atoms with Gasteiger partial charge in [-0.2, -0.15) is 10.2 Å². The predicted octanol–water partition coefficient (Wildman–Crippen LogP) is 3.70. The normalized spacial score (nSPS) is 11.8. The zero-order valence-corrected chi connectivity index (χ0v) is 17.6. The van der Waals surface area contributed by atoms with Crippen molar-refractivity contribution < 1.29 is 8.42 Å². The zero-order valence-electron chi connectivity index (χ0n) is 15.3. The summed E-state index contributed by atoms with van der Waals surface area (Å²) in [6, 6.07) is 5.24. The number of rotatable bonds is 5. The Labute approximate surface area is 168 Å². The van der Waals surface area contributed by atoms with E-state index in [1.807, 2.05) is 6.07 Å². The van der Waals surface area contributed by atoms with Crippen LogP contribution in [0.15, 0.2) is 29.3 Å². The second-order valence-corrected chi connectivity index (χ2v) is 8.76. The van der Waals surface area contributed by atoms with Gasteiger partial charge >= 0.3 is 0 Å². The van der Waals surface area contributed by atoms with Crippen molar-refractivity contribution in [3.05, 3.63) is 57.1 Å². The first kappa shape index (κ1) is 19.7. The van der Waals surface area contributed by atoms with Gasteiger partial charge in [0.1, 0.15) is 4.90 Å². The van der Waals surface area contributed by atoms with E-state index in [2.05, 4.69) is 14.9 Å². The summed E-state index contributed by atoms with van der Waals surface area (Å²) in [5, 5.41) is 9.53. The maximum absolute atomic E-state index is 12.8. The topological polar surface area (TPSA) is 81.8 Å². The number of halogens is 2. The van der Waals surface area contributed by atoms with Crippen molar-refractivity contribution in [3.8, 4) is 0 Å². The first-order valence-electron chi connectivity index (χ1n) is 8.09. The molecule has 0 aliphatic rings. The van der Waals surface area contributed by atoms with Gasteiger partial charge in [-0.3, -0.25) is 14.1 Å². The summed E-state index contributed by atoms with van der Waals surface area (Å²) in [4.78, 5) is 0.136. The van der Waals surface area contributed by atoms with Crippen LogP contribution in [0.3, 0.4) is 0 Å². The van der Waals surface area contributed by atoms with Crippen LogP contribution >= 0.6 is 23.2 Å². The minimum atomic E-state index is -3.77. The molecule has 0 amide bonds. The third-order valence-corrected chi connectivity index (χ3v) is 6.47. The van der Waals surface area contributed by atoms with Gasteiger partial charge in [0.2, 0.25) is 0 Å². The number of nitrogens with one attached hydrogen (secondary N) is 1. The quantitative estimate of drug-likeness (QED) is 0.672. The van der Waals surface area contributed by atoms with E-state index in [-0.39, 0.29) is 4.90 Å². The van der Waals surface area contributed by atoms with Crippen molar-refractivity contribution in [2.45, 2.75) is 32.2 Å². The summed E-state index contributed by atoms with van der Waals surface area (Å²) < 4.78 is 31.4. The smallest absolute Gasteiger partial charge is 0.265 e. The van der Waals surface area contributed by atoms with Gasteiger partial charge in [0.25, 0.3) is 10.0 Å². The molecule has 0 fully saturated rings. The number of hydrogen-bond acceptors (Lipinski definition) is 4. The lowest BCUT2D eigenvalue weighted by Crippen LogP contribution is -2.15. The van der Waals surface area contributed by atoms with E-state index >= 15 is 0 Å². The Morgan fingerprint density at radius 2 is 1.85 bits per heavy atom. The van der Waals surface area contributed by atoms with E-state index in [1.54, 1.807) is 44.6 Å². The first-order chi connectivity index (χ1) is 12.6. The van der Waals surface area contributed by atoms with Crippen LogP contribution in [0.1, 0.15) is 22.6 Å². The van der Waals surface area contributed by atoms with Crippen LogP contribution in [0.2, 0.25) is 10.0 Å². The van der Waals surface area contributed by atoms with Crippen molar-refractivity contribution >= 4 is 38.9 Å². The van der Waals surface area contributed by atoms with Crippen molar-refractivity contribution in [1.29, 1.82) is 0 Å². The second-order valence-electron chi connectivity index (χ2n) is 6.26. The molecule has 0 unspecified atom stereocenters. The molecule has 2 aromatic heterocycles. The average Bonchev–Trinajstić information content (AvgIpc) is 3.05. The van der Waals surface area contributed by atoms with Gasteiger partial charge in [-0.25, -0.2) is 8.42 Å². The molecule has 3 rings (SSSR count). The van der Waals surface area contributed by atoms with Crippen LogP contribution in [0.5, 0.6) is 0 Å². The third-order valence-electron chi connectivity index (χ3n) is 4.43. The summed E-state index contributed by atoms with van der Waals surface area (Å²) in [6.07, 6.45) is 1.33. The first-order valence-corrected chi connectivity index (χ1v) is 10.3. The summed E-state index contributed by atoms with van der Waals surface area (Å²) in [7, 11) is -2.08. The molecular formula is C17H19Cl2N5O2S. The third kappa shape index (κ3) is 3.83. The molecule has 10 heteroatoms. The van der Waals surface area contributed by atoms with Gasteiger partial charge in [-0.1, -0.05) is 29.3 Å². The monoisotopic (exact) mass is 427 g/mol. The summed E-state index contributed by atoms with van der Waals surface area (Å²) in [6.45, 7) is 5.66. The number of benzene rings is 1. The second kappa shape index (κ2) is 7.18. The van der Waals surface area contributed by atoms with E-state index < -0.39 is 10.0 Å². The van der Waals surface area contributed by atoms with Gasteiger partial charge < -0.3 is 0 Å². The molecule has 3 aromatic rings. The van der Waals surface area contributed by atoms with Gasteiger partial charge in [0.05, 0.1) is 35.5 Å². The van der Waals surface area contributed by atoms with E-state index in [4.69, 9.17) is 23.2 Å². The molecule has 0 atom stereocenters. The van der Waals surface area contributed by atoms with E-state index in [0.717, 1.165) is 5.56 Å². The molecule has 0 radical (unpaired) electrons. The minimum Gasteiger partial charge on any atom is -0.276 e. The molecule has 27 heavy (non-hydrogen) atoms. The fourth-order valence-electron chi connectivity index (χ4n) is 2.74. The Hall–Kier alpha value is -2.03. The molecule has 0 aliphatic carbocycles. The molecular weight excluding hydrogens is 409 g/mol. The number of aromatic nitrogens is 4. The molecule has 0 spiro atoms.